The Morgan fingerprint density at radius 1 is 1.08 bits per heavy atom. The lowest BCUT2D eigenvalue weighted by molar-refractivity contribution is -0.117. The molecule has 1 aromatic heterocycles. The molecule has 8 heteroatoms. The molecule has 0 fully saturated rings. The lowest BCUT2D eigenvalue weighted by Crippen LogP contribution is -2.21. The van der Waals surface area contributed by atoms with Crippen molar-refractivity contribution in [3.63, 3.8) is 0 Å². The molecular formula is C17H17N3O4S. The Hall–Kier alpha value is -2.87. The average Bonchev–Trinajstić information content (AvgIpc) is 2.90. The molecule has 1 heterocycles. The van der Waals surface area contributed by atoms with Gasteiger partial charge in [0.2, 0.25) is 5.91 Å². The SMILES string of the molecule is NC(=O)Cc1nc2ccccc2n1CCS(=O)(=O)Oc1ccccc1. The van der Waals surface area contributed by atoms with E-state index in [1.54, 1.807) is 41.0 Å². The van der Waals surface area contributed by atoms with Gasteiger partial charge in [0.05, 0.1) is 17.5 Å². The van der Waals surface area contributed by atoms with Gasteiger partial charge < -0.3 is 14.5 Å². The van der Waals surface area contributed by atoms with Crippen molar-refractivity contribution in [1.29, 1.82) is 0 Å². The summed E-state index contributed by atoms with van der Waals surface area (Å²) in [6, 6.07) is 15.6. The van der Waals surface area contributed by atoms with Gasteiger partial charge in [0, 0.05) is 6.54 Å². The van der Waals surface area contributed by atoms with Crippen LogP contribution in [0.3, 0.4) is 0 Å². The number of aryl methyl sites for hydroxylation is 1. The third kappa shape index (κ3) is 4.16. The van der Waals surface area contributed by atoms with Crippen molar-refractivity contribution in [1.82, 2.24) is 9.55 Å². The first-order valence-electron chi connectivity index (χ1n) is 7.64. The first kappa shape index (κ1) is 17.0. The van der Waals surface area contributed by atoms with E-state index in [0.29, 0.717) is 11.3 Å². The zero-order valence-corrected chi connectivity index (χ0v) is 14.1. The van der Waals surface area contributed by atoms with Gasteiger partial charge in [0.15, 0.2) is 0 Å². The Labute approximate surface area is 145 Å². The summed E-state index contributed by atoms with van der Waals surface area (Å²) in [5.41, 5.74) is 6.69. The lowest BCUT2D eigenvalue weighted by Gasteiger charge is -2.10. The first-order chi connectivity index (χ1) is 11.9. The number of benzene rings is 2. The number of amides is 1. The number of imidazole rings is 1. The average molecular weight is 359 g/mol. The molecule has 3 rings (SSSR count). The third-order valence-electron chi connectivity index (χ3n) is 3.60. The maximum atomic E-state index is 12.2. The van der Waals surface area contributed by atoms with E-state index in [1.165, 1.54) is 0 Å². The summed E-state index contributed by atoms with van der Waals surface area (Å²) >= 11 is 0. The van der Waals surface area contributed by atoms with Gasteiger partial charge in [-0.05, 0) is 24.3 Å². The molecule has 1 amide bonds. The van der Waals surface area contributed by atoms with Gasteiger partial charge in [0.25, 0.3) is 0 Å². The van der Waals surface area contributed by atoms with Gasteiger partial charge in [-0.3, -0.25) is 4.79 Å². The second-order valence-corrected chi connectivity index (χ2v) is 7.16. The Morgan fingerprint density at radius 2 is 1.76 bits per heavy atom. The molecule has 25 heavy (non-hydrogen) atoms. The predicted octanol–water partition coefficient (Wildman–Crippen LogP) is 1.47. The van der Waals surface area contributed by atoms with Crippen LogP contribution in [0.1, 0.15) is 5.82 Å². The molecule has 7 nitrogen and oxygen atoms in total. The summed E-state index contributed by atoms with van der Waals surface area (Å²) < 4.78 is 31.2. The number of nitrogens with two attached hydrogens (primary N) is 1. The van der Waals surface area contributed by atoms with E-state index in [0.717, 1.165) is 5.52 Å². The van der Waals surface area contributed by atoms with Crippen LogP contribution in [0.4, 0.5) is 0 Å². The third-order valence-corrected chi connectivity index (χ3v) is 4.73. The van der Waals surface area contributed by atoms with Crippen LogP contribution in [-0.4, -0.2) is 29.6 Å². The highest BCUT2D eigenvalue weighted by molar-refractivity contribution is 7.87. The number of aromatic nitrogens is 2. The number of hydrogen-bond donors (Lipinski definition) is 1. The minimum Gasteiger partial charge on any atom is -0.382 e. The van der Waals surface area contributed by atoms with Crippen molar-refractivity contribution < 1.29 is 17.4 Å². The molecule has 0 bridgehead atoms. The summed E-state index contributed by atoms with van der Waals surface area (Å²) in [5.74, 6) is -0.0903. The van der Waals surface area contributed by atoms with Gasteiger partial charge in [0.1, 0.15) is 17.3 Å². The van der Waals surface area contributed by atoms with Crippen LogP contribution >= 0.6 is 0 Å². The van der Waals surface area contributed by atoms with E-state index < -0.39 is 16.0 Å². The maximum absolute atomic E-state index is 12.2. The van der Waals surface area contributed by atoms with E-state index in [9.17, 15) is 13.2 Å². The van der Waals surface area contributed by atoms with Crippen LogP contribution in [0, 0.1) is 0 Å². The topological polar surface area (TPSA) is 104 Å². The predicted molar refractivity (Wildman–Crippen MR) is 93.5 cm³/mol. The van der Waals surface area contributed by atoms with Crippen LogP contribution in [-0.2, 0) is 27.9 Å². The van der Waals surface area contributed by atoms with Crippen LogP contribution in [0.5, 0.6) is 5.75 Å². The standard InChI is InChI=1S/C17H17N3O4S/c18-16(21)12-17-19-14-8-4-5-9-15(14)20(17)10-11-25(22,23)24-13-6-2-1-3-7-13/h1-9H,10-12H2,(H2,18,21). The Kier molecular flexibility index (Phi) is 4.71. The van der Waals surface area contributed by atoms with Crippen LogP contribution in [0.2, 0.25) is 0 Å². The molecule has 0 unspecified atom stereocenters. The van der Waals surface area contributed by atoms with Crippen molar-refractivity contribution in [2.75, 3.05) is 5.75 Å². The second-order valence-electron chi connectivity index (χ2n) is 5.47. The van der Waals surface area contributed by atoms with E-state index in [-0.39, 0.29) is 24.5 Å². The molecule has 0 aliphatic carbocycles. The number of carbonyl (C=O) groups is 1. The summed E-state index contributed by atoms with van der Waals surface area (Å²) in [6.45, 7) is 0.109. The molecule has 0 saturated heterocycles. The zero-order valence-electron chi connectivity index (χ0n) is 13.3. The van der Waals surface area contributed by atoms with E-state index in [1.807, 2.05) is 18.2 Å². The second kappa shape index (κ2) is 6.94. The molecule has 2 N–H and O–H groups in total. The van der Waals surface area contributed by atoms with Crippen molar-refractivity contribution in [3.05, 3.63) is 60.4 Å². The first-order valence-corrected chi connectivity index (χ1v) is 9.22. The van der Waals surface area contributed by atoms with E-state index in [4.69, 9.17) is 9.92 Å². The normalized spacial score (nSPS) is 11.5. The Bertz CT molecular complexity index is 997. The fraction of sp³-hybridized carbons (Fsp3) is 0.176. The van der Waals surface area contributed by atoms with Crippen LogP contribution < -0.4 is 9.92 Å². The lowest BCUT2D eigenvalue weighted by atomic mass is 10.3. The van der Waals surface area contributed by atoms with Gasteiger partial charge in [-0.25, -0.2) is 4.98 Å². The molecule has 2 aromatic carbocycles. The highest BCUT2D eigenvalue weighted by atomic mass is 32.2. The molecule has 0 spiro atoms. The maximum Gasteiger partial charge on any atom is 0.310 e. The van der Waals surface area contributed by atoms with Crippen LogP contribution in [0.15, 0.2) is 54.6 Å². The highest BCUT2D eigenvalue weighted by Gasteiger charge is 2.17. The zero-order chi connectivity index (χ0) is 17.9. The number of para-hydroxylation sites is 3. The largest absolute Gasteiger partial charge is 0.382 e. The van der Waals surface area contributed by atoms with Gasteiger partial charge in [-0.1, -0.05) is 30.3 Å². The van der Waals surface area contributed by atoms with E-state index >= 15 is 0 Å². The van der Waals surface area contributed by atoms with E-state index in [2.05, 4.69) is 4.98 Å². The number of fused-ring (bicyclic) bond motifs is 1. The highest BCUT2D eigenvalue weighted by Crippen LogP contribution is 2.18. The van der Waals surface area contributed by atoms with Crippen molar-refractivity contribution in [2.24, 2.45) is 5.73 Å². The number of rotatable bonds is 7. The van der Waals surface area contributed by atoms with Crippen molar-refractivity contribution in [3.8, 4) is 5.75 Å². The van der Waals surface area contributed by atoms with Gasteiger partial charge >= 0.3 is 10.1 Å². The molecular weight excluding hydrogens is 342 g/mol. The number of carbonyl (C=O) groups excluding carboxylic acids is 1. The molecule has 0 aliphatic rings. The van der Waals surface area contributed by atoms with Gasteiger partial charge in [-0.15, -0.1) is 0 Å². The quantitative estimate of drug-likeness (QED) is 0.643. The Balaban J connectivity index is 1.83. The minimum absolute atomic E-state index is 0.0612. The van der Waals surface area contributed by atoms with Crippen molar-refractivity contribution in [2.45, 2.75) is 13.0 Å². The monoisotopic (exact) mass is 359 g/mol. The smallest absolute Gasteiger partial charge is 0.310 e. The number of hydrogen-bond acceptors (Lipinski definition) is 5. The summed E-state index contributed by atoms with van der Waals surface area (Å²) in [5, 5.41) is 0. The fourth-order valence-electron chi connectivity index (χ4n) is 2.53. The molecule has 3 aromatic rings. The molecule has 0 radical (unpaired) electrons. The van der Waals surface area contributed by atoms with Crippen molar-refractivity contribution >= 4 is 27.1 Å². The molecule has 130 valence electrons. The minimum atomic E-state index is -3.79. The molecule has 0 saturated carbocycles. The van der Waals surface area contributed by atoms with Gasteiger partial charge in [-0.2, -0.15) is 8.42 Å². The number of primary amides is 1. The summed E-state index contributed by atoms with van der Waals surface area (Å²) in [6.07, 6.45) is -0.0612. The summed E-state index contributed by atoms with van der Waals surface area (Å²) in [7, 11) is -3.79. The Morgan fingerprint density at radius 3 is 2.48 bits per heavy atom. The van der Waals surface area contributed by atoms with Crippen LogP contribution in [0.25, 0.3) is 11.0 Å². The summed E-state index contributed by atoms with van der Waals surface area (Å²) in [4.78, 5) is 15.6. The molecule has 0 aliphatic heterocycles. The molecule has 0 atom stereocenters. The fourth-order valence-corrected chi connectivity index (χ4v) is 3.43. The number of nitrogens with zero attached hydrogens (tertiary/aromatic N) is 2.